The fraction of sp³-hybridized carbons (Fsp3) is 0.650. The molecule has 0 unspecified atom stereocenters. The van der Waals surface area contributed by atoms with Crippen LogP contribution in [-0.2, 0) is 9.53 Å². The van der Waals surface area contributed by atoms with Crippen molar-refractivity contribution in [2.75, 3.05) is 26.2 Å². The van der Waals surface area contributed by atoms with Crippen molar-refractivity contribution in [3.63, 3.8) is 0 Å². The Morgan fingerprint density at radius 2 is 2.40 bits per heavy atom. The molecular weight excluding hydrogens is 332 g/mol. The lowest BCUT2D eigenvalue weighted by Crippen LogP contribution is -2.64. The number of hydrogen-bond acceptors (Lipinski definition) is 4. The number of ether oxygens (including phenoxy) is 1. The SMILES string of the molecule is CC(C)CN1CCO[C@@]2(CCCC[C@H]2NC(=O)/C=C/c2cccs2)C1. The van der Waals surface area contributed by atoms with Gasteiger partial charge < -0.3 is 10.1 Å². The molecule has 5 heteroatoms. The van der Waals surface area contributed by atoms with E-state index in [1.54, 1.807) is 17.4 Å². The highest BCUT2D eigenvalue weighted by Gasteiger charge is 2.45. The summed E-state index contributed by atoms with van der Waals surface area (Å²) < 4.78 is 6.30. The maximum atomic E-state index is 12.4. The molecule has 1 aromatic heterocycles. The highest BCUT2D eigenvalue weighted by molar-refractivity contribution is 7.10. The van der Waals surface area contributed by atoms with E-state index < -0.39 is 0 Å². The molecule has 2 atom stereocenters. The summed E-state index contributed by atoms with van der Waals surface area (Å²) in [5.41, 5.74) is -0.210. The van der Waals surface area contributed by atoms with Crippen LogP contribution in [-0.4, -0.2) is 48.7 Å². The fourth-order valence-electron chi connectivity index (χ4n) is 4.09. The van der Waals surface area contributed by atoms with E-state index in [9.17, 15) is 4.79 Å². The predicted octanol–water partition coefficient (Wildman–Crippen LogP) is 3.55. The molecular formula is C20H30N2O2S. The van der Waals surface area contributed by atoms with Gasteiger partial charge in [-0.1, -0.05) is 32.8 Å². The molecule has 1 saturated heterocycles. The van der Waals surface area contributed by atoms with Gasteiger partial charge in [-0.15, -0.1) is 11.3 Å². The quantitative estimate of drug-likeness (QED) is 0.815. The van der Waals surface area contributed by atoms with Crippen LogP contribution in [0.3, 0.4) is 0 Å². The lowest BCUT2D eigenvalue weighted by Gasteiger charge is -2.50. The van der Waals surface area contributed by atoms with Crippen molar-refractivity contribution in [1.82, 2.24) is 10.2 Å². The molecule has 2 aliphatic rings. The molecule has 25 heavy (non-hydrogen) atoms. The van der Waals surface area contributed by atoms with Crippen LogP contribution >= 0.6 is 11.3 Å². The first-order valence-corrected chi connectivity index (χ1v) is 10.3. The van der Waals surface area contributed by atoms with Crippen molar-refractivity contribution >= 4 is 23.3 Å². The van der Waals surface area contributed by atoms with Gasteiger partial charge in [0.1, 0.15) is 5.60 Å². The fourth-order valence-corrected chi connectivity index (χ4v) is 4.71. The standard InChI is InChI=1S/C20H30N2O2S/c1-16(2)14-22-11-12-24-20(15-22)10-4-3-7-18(20)21-19(23)9-8-17-6-5-13-25-17/h5-6,8-9,13,16,18H,3-4,7,10-12,14-15H2,1-2H3,(H,21,23)/b9-8+/t18-,20+/m1/s1. The number of carbonyl (C=O) groups excluding carboxylic acids is 1. The van der Waals surface area contributed by atoms with Crippen LogP contribution in [0.4, 0.5) is 0 Å². The summed E-state index contributed by atoms with van der Waals surface area (Å²) in [5, 5.41) is 5.26. The van der Waals surface area contributed by atoms with E-state index in [1.807, 2.05) is 23.6 Å². The molecule has 1 spiro atoms. The molecule has 1 saturated carbocycles. The summed E-state index contributed by atoms with van der Waals surface area (Å²) in [6.45, 7) is 8.33. The van der Waals surface area contributed by atoms with Gasteiger partial charge >= 0.3 is 0 Å². The first kappa shape index (κ1) is 18.6. The number of morpholine rings is 1. The van der Waals surface area contributed by atoms with E-state index in [0.717, 1.165) is 50.4 Å². The van der Waals surface area contributed by atoms with Gasteiger partial charge in [0.15, 0.2) is 0 Å². The smallest absolute Gasteiger partial charge is 0.244 e. The molecule has 1 N–H and O–H groups in total. The Balaban J connectivity index is 1.64. The highest BCUT2D eigenvalue weighted by Crippen LogP contribution is 2.35. The minimum atomic E-state index is -0.210. The third-order valence-electron chi connectivity index (χ3n) is 5.15. The Hall–Kier alpha value is -1.17. The van der Waals surface area contributed by atoms with E-state index in [1.165, 1.54) is 6.42 Å². The van der Waals surface area contributed by atoms with Gasteiger partial charge in [0, 0.05) is 30.6 Å². The lowest BCUT2D eigenvalue weighted by molar-refractivity contribution is -0.149. The van der Waals surface area contributed by atoms with Crippen molar-refractivity contribution in [2.24, 2.45) is 5.92 Å². The second-order valence-electron chi connectivity index (χ2n) is 7.70. The van der Waals surface area contributed by atoms with E-state index in [0.29, 0.717) is 5.92 Å². The first-order valence-electron chi connectivity index (χ1n) is 9.46. The topological polar surface area (TPSA) is 41.6 Å². The number of hydrogen-bond donors (Lipinski definition) is 1. The zero-order valence-corrected chi connectivity index (χ0v) is 16.2. The summed E-state index contributed by atoms with van der Waals surface area (Å²) in [5.74, 6) is 0.643. The Bertz CT molecular complexity index is 581. The molecule has 3 rings (SSSR count). The average Bonchev–Trinajstić information content (AvgIpc) is 3.08. The van der Waals surface area contributed by atoms with Gasteiger partial charge in [0.2, 0.25) is 5.91 Å². The Morgan fingerprint density at radius 3 is 3.16 bits per heavy atom. The van der Waals surface area contributed by atoms with Crippen LogP contribution < -0.4 is 5.32 Å². The van der Waals surface area contributed by atoms with Crippen LogP contribution in [0, 0.1) is 5.92 Å². The monoisotopic (exact) mass is 362 g/mol. The van der Waals surface area contributed by atoms with Crippen molar-refractivity contribution in [3.05, 3.63) is 28.5 Å². The zero-order chi connectivity index (χ0) is 17.7. The maximum Gasteiger partial charge on any atom is 0.244 e. The van der Waals surface area contributed by atoms with Gasteiger partial charge in [-0.05, 0) is 36.3 Å². The maximum absolute atomic E-state index is 12.4. The van der Waals surface area contributed by atoms with E-state index >= 15 is 0 Å². The van der Waals surface area contributed by atoms with Gasteiger partial charge in [-0.3, -0.25) is 9.69 Å². The molecule has 0 aromatic carbocycles. The largest absolute Gasteiger partial charge is 0.370 e. The third-order valence-corrected chi connectivity index (χ3v) is 5.99. The zero-order valence-electron chi connectivity index (χ0n) is 15.4. The number of nitrogens with zero attached hydrogens (tertiary/aromatic N) is 1. The van der Waals surface area contributed by atoms with Gasteiger partial charge in [-0.2, -0.15) is 0 Å². The Labute approximate surface area is 155 Å². The molecule has 138 valence electrons. The molecule has 2 heterocycles. The highest BCUT2D eigenvalue weighted by atomic mass is 32.1. The summed E-state index contributed by atoms with van der Waals surface area (Å²) >= 11 is 1.64. The van der Waals surface area contributed by atoms with Crippen molar-refractivity contribution in [3.8, 4) is 0 Å². The van der Waals surface area contributed by atoms with Crippen molar-refractivity contribution in [2.45, 2.75) is 51.2 Å². The third kappa shape index (κ3) is 4.93. The molecule has 0 radical (unpaired) electrons. The van der Waals surface area contributed by atoms with E-state index in [2.05, 4.69) is 24.1 Å². The summed E-state index contributed by atoms with van der Waals surface area (Å²) in [6, 6.07) is 4.12. The van der Waals surface area contributed by atoms with Crippen LogP contribution in [0.1, 0.15) is 44.4 Å². The number of nitrogens with one attached hydrogen (secondary N) is 1. The van der Waals surface area contributed by atoms with E-state index in [-0.39, 0.29) is 17.6 Å². The molecule has 2 fully saturated rings. The lowest BCUT2D eigenvalue weighted by atomic mass is 9.78. The summed E-state index contributed by atoms with van der Waals surface area (Å²) in [7, 11) is 0. The van der Waals surface area contributed by atoms with Gasteiger partial charge in [0.05, 0.1) is 12.6 Å². The molecule has 1 amide bonds. The van der Waals surface area contributed by atoms with Crippen LogP contribution in [0.5, 0.6) is 0 Å². The van der Waals surface area contributed by atoms with Gasteiger partial charge in [0.25, 0.3) is 0 Å². The Morgan fingerprint density at radius 1 is 1.52 bits per heavy atom. The second kappa shape index (κ2) is 8.47. The first-order chi connectivity index (χ1) is 12.1. The minimum Gasteiger partial charge on any atom is -0.370 e. The average molecular weight is 363 g/mol. The Kier molecular flexibility index (Phi) is 6.31. The molecule has 1 aliphatic carbocycles. The number of carbonyl (C=O) groups is 1. The molecule has 1 aromatic rings. The minimum absolute atomic E-state index is 0.00995. The number of rotatable bonds is 5. The predicted molar refractivity (Wildman–Crippen MR) is 104 cm³/mol. The van der Waals surface area contributed by atoms with E-state index in [4.69, 9.17) is 4.74 Å². The second-order valence-corrected chi connectivity index (χ2v) is 8.68. The van der Waals surface area contributed by atoms with Crippen LogP contribution in [0.25, 0.3) is 6.08 Å². The van der Waals surface area contributed by atoms with Crippen molar-refractivity contribution in [1.29, 1.82) is 0 Å². The molecule has 1 aliphatic heterocycles. The number of thiophene rings is 1. The van der Waals surface area contributed by atoms with Crippen LogP contribution in [0.15, 0.2) is 23.6 Å². The summed E-state index contributed by atoms with van der Waals surface area (Å²) in [4.78, 5) is 16.0. The normalized spacial score (nSPS) is 28.0. The number of amides is 1. The molecule has 4 nitrogen and oxygen atoms in total. The molecule has 0 bridgehead atoms. The summed E-state index contributed by atoms with van der Waals surface area (Å²) in [6.07, 6.45) is 7.95. The van der Waals surface area contributed by atoms with Gasteiger partial charge in [-0.25, -0.2) is 0 Å². The van der Waals surface area contributed by atoms with Crippen molar-refractivity contribution < 1.29 is 9.53 Å². The van der Waals surface area contributed by atoms with Crippen LogP contribution in [0.2, 0.25) is 0 Å².